The van der Waals surface area contributed by atoms with Crippen molar-refractivity contribution in [2.45, 2.75) is 13.0 Å². The number of hydrogen-bond acceptors (Lipinski definition) is 4. The van der Waals surface area contributed by atoms with Crippen LogP contribution >= 0.6 is 24.0 Å². The number of hydrogen-bond donors (Lipinski definition) is 1. The predicted octanol–water partition coefficient (Wildman–Crippen LogP) is 1.97. The number of nitrogens with zero attached hydrogens (tertiary/aromatic N) is 1. The van der Waals surface area contributed by atoms with Gasteiger partial charge in [-0.05, 0) is 0 Å². The number of anilines is 1. The minimum atomic E-state index is -1.24. The van der Waals surface area contributed by atoms with Crippen molar-refractivity contribution < 1.29 is 22.8 Å². The molecule has 4 nitrogen and oxygen atoms in total. The molecular weight excluding hydrogens is 325 g/mol. The monoisotopic (exact) mass is 334 g/mol. The Morgan fingerprint density at radius 3 is 2.48 bits per heavy atom. The lowest BCUT2D eigenvalue weighted by molar-refractivity contribution is -0.125. The van der Waals surface area contributed by atoms with Gasteiger partial charge in [0.25, 0.3) is 5.91 Å². The highest BCUT2D eigenvalue weighted by atomic mass is 32.2. The minimum Gasteiger partial charge on any atom is -0.344 e. The molecule has 9 heteroatoms. The van der Waals surface area contributed by atoms with E-state index in [1.165, 1.54) is 6.92 Å². The molecule has 2 rings (SSSR count). The smallest absolute Gasteiger partial charge is 0.256 e. The molecule has 1 saturated heterocycles. The summed E-state index contributed by atoms with van der Waals surface area (Å²) in [5, 5.41) is 2.37. The molecule has 21 heavy (non-hydrogen) atoms. The average Bonchev–Trinajstić information content (AvgIpc) is 2.35. The number of thioether (sulfide) groups is 1. The van der Waals surface area contributed by atoms with E-state index in [2.05, 4.69) is 5.32 Å². The third-order valence-electron chi connectivity index (χ3n) is 2.66. The highest BCUT2D eigenvalue weighted by Gasteiger charge is 2.37. The Kier molecular flexibility index (Phi) is 4.52. The average molecular weight is 334 g/mol. The van der Waals surface area contributed by atoms with Crippen molar-refractivity contribution >= 4 is 45.8 Å². The van der Waals surface area contributed by atoms with Crippen molar-refractivity contribution in [3.05, 3.63) is 29.6 Å². The first-order chi connectivity index (χ1) is 9.81. The molecule has 0 aliphatic carbocycles. The first kappa shape index (κ1) is 15.8. The number of amides is 2. The summed E-state index contributed by atoms with van der Waals surface area (Å²) < 4.78 is 40.5. The molecule has 1 aromatic rings. The first-order valence-corrected chi connectivity index (χ1v) is 7.13. The van der Waals surface area contributed by atoms with Gasteiger partial charge in [-0.15, -0.1) is 0 Å². The fourth-order valence-electron chi connectivity index (χ4n) is 1.83. The number of benzene rings is 1. The van der Waals surface area contributed by atoms with E-state index in [0.29, 0.717) is 17.0 Å². The van der Waals surface area contributed by atoms with Crippen LogP contribution in [0, 0.1) is 17.5 Å². The normalized spacial score (nSPS) is 18.9. The minimum absolute atomic E-state index is 0.0639. The van der Waals surface area contributed by atoms with Gasteiger partial charge in [-0.3, -0.25) is 14.5 Å². The Hall–Kier alpha value is -1.61. The Labute approximate surface area is 127 Å². The van der Waals surface area contributed by atoms with E-state index in [9.17, 15) is 22.8 Å². The van der Waals surface area contributed by atoms with Gasteiger partial charge in [0.1, 0.15) is 21.9 Å². The summed E-state index contributed by atoms with van der Waals surface area (Å²) >= 11 is 5.92. The summed E-state index contributed by atoms with van der Waals surface area (Å²) in [4.78, 5) is 23.9. The van der Waals surface area contributed by atoms with Gasteiger partial charge in [-0.2, -0.15) is 0 Å². The Morgan fingerprint density at radius 2 is 1.95 bits per heavy atom. The van der Waals surface area contributed by atoms with Crippen molar-refractivity contribution in [1.82, 2.24) is 5.32 Å². The maximum Gasteiger partial charge on any atom is 0.256 e. The van der Waals surface area contributed by atoms with Crippen LogP contribution in [0.5, 0.6) is 0 Å². The van der Waals surface area contributed by atoms with Gasteiger partial charge in [0.05, 0.1) is 0 Å². The van der Waals surface area contributed by atoms with Crippen molar-refractivity contribution in [2.75, 3.05) is 10.7 Å². The van der Waals surface area contributed by atoms with Gasteiger partial charge in [-0.25, -0.2) is 13.2 Å². The van der Waals surface area contributed by atoms with Gasteiger partial charge < -0.3 is 5.32 Å². The topological polar surface area (TPSA) is 49.4 Å². The second-order valence-corrected chi connectivity index (χ2v) is 5.88. The predicted molar refractivity (Wildman–Crippen MR) is 76.5 cm³/mol. The van der Waals surface area contributed by atoms with E-state index < -0.39 is 41.0 Å². The third-order valence-corrected chi connectivity index (χ3v) is 4.12. The van der Waals surface area contributed by atoms with Gasteiger partial charge in [0.15, 0.2) is 11.6 Å². The molecule has 1 atom stereocenters. The molecule has 1 heterocycles. The van der Waals surface area contributed by atoms with Crippen LogP contribution in [0.1, 0.15) is 6.92 Å². The lowest BCUT2D eigenvalue weighted by Gasteiger charge is -2.32. The van der Waals surface area contributed by atoms with Crippen LogP contribution in [0.15, 0.2) is 12.1 Å². The van der Waals surface area contributed by atoms with Crippen LogP contribution in [0.4, 0.5) is 18.9 Å². The van der Waals surface area contributed by atoms with E-state index in [1.54, 1.807) is 0 Å². The number of rotatable bonds is 2. The third kappa shape index (κ3) is 3.18. The highest BCUT2D eigenvalue weighted by molar-refractivity contribution is 8.23. The molecule has 2 amide bonds. The van der Waals surface area contributed by atoms with E-state index in [1.807, 2.05) is 0 Å². The van der Waals surface area contributed by atoms with Crippen LogP contribution < -0.4 is 10.2 Å². The molecule has 0 aromatic heterocycles. The van der Waals surface area contributed by atoms with Gasteiger partial charge >= 0.3 is 0 Å². The molecule has 0 saturated carbocycles. The summed E-state index contributed by atoms with van der Waals surface area (Å²) in [5.41, 5.74) is -0.742. The van der Waals surface area contributed by atoms with Crippen LogP contribution in [0.3, 0.4) is 0 Å². The Morgan fingerprint density at radius 1 is 1.38 bits per heavy atom. The number of carbonyl (C=O) groups excluding carboxylic acids is 2. The lowest BCUT2D eigenvalue weighted by atomic mass is 10.2. The standard InChI is InChI=1S/C12H9F3N2O2S2/c1-5(18)16-9-4-21-12(20)17(11(9)19)10-7(14)2-6(13)3-8(10)15/h2-3,9H,4H2,1H3,(H,16,18). The second kappa shape index (κ2) is 6.02. The molecule has 1 aliphatic rings. The zero-order valence-corrected chi connectivity index (χ0v) is 12.3. The zero-order valence-electron chi connectivity index (χ0n) is 10.7. The largest absolute Gasteiger partial charge is 0.344 e. The van der Waals surface area contributed by atoms with Crippen molar-refractivity contribution in [2.24, 2.45) is 0 Å². The number of halogens is 3. The summed E-state index contributed by atoms with van der Waals surface area (Å²) in [6.45, 7) is 1.22. The van der Waals surface area contributed by atoms with E-state index >= 15 is 0 Å². The summed E-state index contributed by atoms with van der Waals surface area (Å²) in [6, 6.07) is -0.0369. The second-order valence-electron chi connectivity index (χ2n) is 4.22. The molecule has 1 unspecified atom stereocenters. The van der Waals surface area contributed by atoms with Crippen molar-refractivity contribution in [1.29, 1.82) is 0 Å². The van der Waals surface area contributed by atoms with E-state index in [4.69, 9.17) is 12.2 Å². The van der Waals surface area contributed by atoms with Gasteiger partial charge in [0, 0.05) is 24.8 Å². The summed E-state index contributed by atoms with van der Waals surface area (Å²) in [5.74, 6) is -4.65. The van der Waals surface area contributed by atoms with E-state index in [-0.39, 0.29) is 10.1 Å². The van der Waals surface area contributed by atoms with Crippen molar-refractivity contribution in [3.8, 4) is 0 Å². The number of thiocarbonyl (C=S) groups is 1. The fourth-order valence-corrected chi connectivity index (χ4v) is 3.07. The van der Waals surface area contributed by atoms with Crippen molar-refractivity contribution in [3.63, 3.8) is 0 Å². The molecule has 1 aromatic carbocycles. The molecule has 112 valence electrons. The maximum atomic E-state index is 13.8. The molecule has 0 spiro atoms. The van der Waals surface area contributed by atoms with Gasteiger partial charge in [-0.1, -0.05) is 24.0 Å². The fraction of sp³-hybridized carbons (Fsp3) is 0.250. The number of carbonyl (C=O) groups is 2. The maximum absolute atomic E-state index is 13.8. The quantitative estimate of drug-likeness (QED) is 0.840. The molecule has 1 N–H and O–H groups in total. The summed E-state index contributed by atoms with van der Waals surface area (Å²) in [7, 11) is 0. The van der Waals surface area contributed by atoms with Crippen LogP contribution in [0.2, 0.25) is 0 Å². The zero-order chi connectivity index (χ0) is 15.7. The SMILES string of the molecule is CC(=O)NC1CSC(=S)N(c2c(F)cc(F)cc2F)C1=O. The molecule has 0 bridgehead atoms. The Balaban J connectivity index is 2.43. The van der Waals surface area contributed by atoms with Crippen LogP contribution in [-0.4, -0.2) is 27.9 Å². The Bertz CT molecular complexity index is 616. The molecule has 1 aliphatic heterocycles. The molecule has 0 radical (unpaired) electrons. The van der Waals surface area contributed by atoms with Gasteiger partial charge in [0.2, 0.25) is 5.91 Å². The first-order valence-electron chi connectivity index (χ1n) is 5.73. The number of nitrogens with one attached hydrogen (secondary N) is 1. The van der Waals surface area contributed by atoms with Crippen LogP contribution in [-0.2, 0) is 9.59 Å². The summed E-state index contributed by atoms with van der Waals surface area (Å²) in [6.07, 6.45) is 0. The lowest BCUT2D eigenvalue weighted by Crippen LogP contribution is -2.54. The molecule has 1 fully saturated rings. The van der Waals surface area contributed by atoms with E-state index in [0.717, 1.165) is 11.8 Å². The highest BCUT2D eigenvalue weighted by Crippen LogP contribution is 2.31. The molecular formula is C12H9F3N2O2S2. The van der Waals surface area contributed by atoms with Crippen LogP contribution in [0.25, 0.3) is 0 Å².